The first-order valence-electron chi connectivity index (χ1n) is 10.2. The van der Waals surface area contributed by atoms with Crippen molar-refractivity contribution in [3.8, 4) is 0 Å². The molecule has 0 saturated carbocycles. The summed E-state index contributed by atoms with van der Waals surface area (Å²) in [5.74, 6) is 1.44. The number of urea groups is 1. The van der Waals surface area contributed by atoms with Crippen molar-refractivity contribution in [2.75, 3.05) is 26.2 Å². The zero-order chi connectivity index (χ0) is 19.6. The number of nitrogens with zero attached hydrogens (tertiary/aromatic N) is 2. The minimum absolute atomic E-state index is 0.324. The first kappa shape index (κ1) is 21.1. The molecule has 0 radical (unpaired) electrons. The zero-order valence-electron chi connectivity index (χ0n) is 17.0. The van der Waals surface area contributed by atoms with E-state index in [1.165, 1.54) is 11.1 Å². The Bertz CT molecular complexity index is 604. The van der Waals surface area contributed by atoms with Crippen LogP contribution in [0.15, 0.2) is 29.3 Å². The molecule has 1 aliphatic heterocycles. The fourth-order valence-corrected chi connectivity index (χ4v) is 3.30. The molecule has 6 nitrogen and oxygen atoms in total. The minimum Gasteiger partial charge on any atom is -0.357 e. The fraction of sp³-hybridized carbons (Fsp3) is 0.619. The summed E-state index contributed by atoms with van der Waals surface area (Å²) in [6, 6.07) is 8.93. The van der Waals surface area contributed by atoms with Crippen LogP contribution < -0.4 is 16.4 Å². The molecule has 1 fully saturated rings. The fourth-order valence-electron chi connectivity index (χ4n) is 3.30. The van der Waals surface area contributed by atoms with Crippen molar-refractivity contribution in [2.24, 2.45) is 10.7 Å². The monoisotopic (exact) mass is 373 g/mol. The second-order valence-electron chi connectivity index (χ2n) is 7.50. The van der Waals surface area contributed by atoms with Gasteiger partial charge in [-0.1, -0.05) is 38.1 Å². The van der Waals surface area contributed by atoms with Crippen molar-refractivity contribution in [3.63, 3.8) is 0 Å². The minimum atomic E-state index is -0.324. The highest BCUT2D eigenvalue weighted by molar-refractivity contribution is 5.80. The molecule has 1 aromatic carbocycles. The number of nitrogens with one attached hydrogen (secondary N) is 2. The summed E-state index contributed by atoms with van der Waals surface area (Å²) in [6.45, 7) is 9.55. The largest absolute Gasteiger partial charge is 0.357 e. The average Bonchev–Trinajstić information content (AvgIpc) is 2.66. The second kappa shape index (κ2) is 10.8. The van der Waals surface area contributed by atoms with Gasteiger partial charge in [0.1, 0.15) is 0 Å². The highest BCUT2D eigenvalue weighted by Crippen LogP contribution is 2.15. The quantitative estimate of drug-likeness (QED) is 0.390. The van der Waals surface area contributed by atoms with Crippen molar-refractivity contribution in [1.82, 2.24) is 15.5 Å². The summed E-state index contributed by atoms with van der Waals surface area (Å²) in [7, 11) is 0. The van der Waals surface area contributed by atoms with E-state index in [0.29, 0.717) is 25.0 Å². The molecule has 2 amide bonds. The van der Waals surface area contributed by atoms with E-state index in [1.54, 1.807) is 4.90 Å². The van der Waals surface area contributed by atoms with Crippen molar-refractivity contribution >= 4 is 12.0 Å². The lowest BCUT2D eigenvalue weighted by molar-refractivity contribution is 0.188. The highest BCUT2D eigenvalue weighted by Gasteiger charge is 2.21. The number of primary amides is 1. The van der Waals surface area contributed by atoms with Crippen molar-refractivity contribution < 1.29 is 4.79 Å². The number of hydrogen-bond acceptors (Lipinski definition) is 2. The number of amides is 2. The van der Waals surface area contributed by atoms with Gasteiger partial charge < -0.3 is 21.3 Å². The normalized spacial score (nSPS) is 15.9. The number of aliphatic imine (C=N–C) groups is 1. The molecule has 0 bridgehead atoms. The molecule has 0 atom stereocenters. The van der Waals surface area contributed by atoms with Gasteiger partial charge in [-0.25, -0.2) is 4.79 Å². The number of likely N-dealkylation sites (tertiary alicyclic amines) is 1. The van der Waals surface area contributed by atoms with Crippen LogP contribution >= 0.6 is 0 Å². The van der Waals surface area contributed by atoms with Crippen molar-refractivity contribution in [1.29, 1.82) is 0 Å². The van der Waals surface area contributed by atoms with Crippen LogP contribution in [0.5, 0.6) is 0 Å². The lowest BCUT2D eigenvalue weighted by Crippen LogP contribution is -2.50. The maximum Gasteiger partial charge on any atom is 0.314 e. The van der Waals surface area contributed by atoms with Crippen LogP contribution in [-0.2, 0) is 6.42 Å². The first-order chi connectivity index (χ1) is 13.0. The van der Waals surface area contributed by atoms with Gasteiger partial charge >= 0.3 is 6.03 Å². The molecule has 2 rings (SSSR count). The maximum atomic E-state index is 11.2. The van der Waals surface area contributed by atoms with E-state index >= 15 is 0 Å². The van der Waals surface area contributed by atoms with E-state index in [-0.39, 0.29) is 6.03 Å². The van der Waals surface area contributed by atoms with Gasteiger partial charge in [0.05, 0.1) is 0 Å². The number of carbonyl (C=O) groups excluding carboxylic acids is 1. The maximum absolute atomic E-state index is 11.2. The number of carbonyl (C=O) groups is 1. The Morgan fingerprint density at radius 2 is 1.93 bits per heavy atom. The molecular formula is C21H35N5O. The Labute approximate surface area is 163 Å². The Hall–Kier alpha value is -2.24. The SMILES string of the molecule is CCNC(=NCCCc1ccc(C(C)C)cc1)NC1CCN(C(N)=O)CC1. The van der Waals surface area contributed by atoms with E-state index < -0.39 is 0 Å². The molecular weight excluding hydrogens is 338 g/mol. The smallest absolute Gasteiger partial charge is 0.314 e. The average molecular weight is 374 g/mol. The van der Waals surface area contributed by atoms with E-state index in [0.717, 1.165) is 44.7 Å². The van der Waals surface area contributed by atoms with Crippen molar-refractivity contribution in [3.05, 3.63) is 35.4 Å². The van der Waals surface area contributed by atoms with E-state index in [2.05, 4.69) is 55.7 Å². The van der Waals surface area contributed by atoms with E-state index in [4.69, 9.17) is 10.7 Å². The molecule has 150 valence electrons. The molecule has 0 spiro atoms. The molecule has 1 saturated heterocycles. The molecule has 6 heteroatoms. The van der Waals surface area contributed by atoms with Crippen LogP contribution in [0.3, 0.4) is 0 Å². The van der Waals surface area contributed by atoms with Crippen LogP contribution in [0.1, 0.15) is 57.1 Å². The highest BCUT2D eigenvalue weighted by atomic mass is 16.2. The van der Waals surface area contributed by atoms with Gasteiger partial charge in [0.2, 0.25) is 0 Å². The molecule has 27 heavy (non-hydrogen) atoms. The first-order valence-corrected chi connectivity index (χ1v) is 10.2. The number of piperidine rings is 1. The summed E-state index contributed by atoms with van der Waals surface area (Å²) in [5, 5.41) is 6.81. The summed E-state index contributed by atoms with van der Waals surface area (Å²) in [6.07, 6.45) is 3.86. The molecule has 1 aromatic rings. The van der Waals surface area contributed by atoms with Crippen LogP contribution in [0.25, 0.3) is 0 Å². The number of benzene rings is 1. The topological polar surface area (TPSA) is 82.8 Å². The zero-order valence-corrected chi connectivity index (χ0v) is 17.0. The third kappa shape index (κ3) is 7.12. The lowest BCUT2D eigenvalue weighted by atomic mass is 10.0. The van der Waals surface area contributed by atoms with Crippen LogP contribution in [-0.4, -0.2) is 49.1 Å². The third-order valence-electron chi connectivity index (χ3n) is 5.03. The van der Waals surface area contributed by atoms with Gasteiger partial charge in [0.25, 0.3) is 0 Å². The number of aryl methyl sites for hydroxylation is 1. The number of rotatable bonds is 7. The van der Waals surface area contributed by atoms with Crippen LogP contribution in [0.2, 0.25) is 0 Å². The predicted molar refractivity (Wildman–Crippen MR) is 112 cm³/mol. The van der Waals surface area contributed by atoms with E-state index in [1.807, 2.05) is 0 Å². The summed E-state index contributed by atoms with van der Waals surface area (Å²) in [4.78, 5) is 17.6. The number of guanidine groups is 1. The Morgan fingerprint density at radius 3 is 2.48 bits per heavy atom. The van der Waals surface area contributed by atoms with Gasteiger partial charge in [-0.15, -0.1) is 0 Å². The molecule has 1 heterocycles. The van der Waals surface area contributed by atoms with Gasteiger partial charge in [-0.3, -0.25) is 4.99 Å². The molecule has 0 aliphatic carbocycles. The second-order valence-corrected chi connectivity index (χ2v) is 7.50. The summed E-state index contributed by atoms with van der Waals surface area (Å²) in [5.41, 5.74) is 8.10. The molecule has 1 aliphatic rings. The third-order valence-corrected chi connectivity index (χ3v) is 5.03. The Morgan fingerprint density at radius 1 is 1.26 bits per heavy atom. The van der Waals surface area contributed by atoms with Gasteiger partial charge in [-0.2, -0.15) is 0 Å². The molecule has 4 N–H and O–H groups in total. The standard InChI is InChI=1S/C21H35N5O/c1-4-23-21(25-19-11-14-26(15-12-19)20(22)27)24-13-5-6-17-7-9-18(10-8-17)16(2)3/h7-10,16,19H,4-6,11-15H2,1-3H3,(H2,22,27)(H2,23,24,25). The lowest BCUT2D eigenvalue weighted by Gasteiger charge is -2.32. The van der Waals surface area contributed by atoms with Crippen LogP contribution in [0, 0.1) is 0 Å². The molecule has 0 aromatic heterocycles. The van der Waals surface area contributed by atoms with E-state index in [9.17, 15) is 4.79 Å². The summed E-state index contributed by atoms with van der Waals surface area (Å²) >= 11 is 0. The Kier molecular flexibility index (Phi) is 8.43. The van der Waals surface area contributed by atoms with Crippen molar-refractivity contribution in [2.45, 2.75) is 58.4 Å². The van der Waals surface area contributed by atoms with Crippen LogP contribution in [0.4, 0.5) is 4.79 Å². The predicted octanol–water partition coefficient (Wildman–Crippen LogP) is 2.84. The van der Waals surface area contributed by atoms with Gasteiger partial charge in [0, 0.05) is 32.2 Å². The number of hydrogen-bond donors (Lipinski definition) is 3. The Balaban J connectivity index is 1.77. The molecule has 0 unspecified atom stereocenters. The van der Waals surface area contributed by atoms with Gasteiger partial charge in [-0.05, 0) is 49.7 Å². The van der Waals surface area contributed by atoms with Gasteiger partial charge in [0.15, 0.2) is 5.96 Å². The summed E-state index contributed by atoms with van der Waals surface area (Å²) < 4.78 is 0. The number of nitrogens with two attached hydrogens (primary N) is 1.